The zero-order valence-electron chi connectivity index (χ0n) is 15.1. The van der Waals surface area contributed by atoms with Crippen molar-refractivity contribution >= 4 is 11.7 Å². The van der Waals surface area contributed by atoms with Gasteiger partial charge in [-0.3, -0.25) is 4.79 Å². The standard InChI is InChI=1S/C21H21FN4O/c1-15-3-2-4-17(11-15)13-24-20-12-19(25-14-26-20)21(27)23-10-9-16-5-7-18(22)8-6-16/h2-8,11-12,14H,9-10,13H2,1H3,(H,23,27)(H,24,25,26). The second-order valence-corrected chi connectivity index (χ2v) is 6.26. The lowest BCUT2D eigenvalue weighted by molar-refractivity contribution is 0.0949. The Balaban J connectivity index is 1.52. The van der Waals surface area contributed by atoms with Crippen molar-refractivity contribution in [1.82, 2.24) is 15.3 Å². The maximum absolute atomic E-state index is 12.9. The molecule has 6 heteroatoms. The molecule has 0 fully saturated rings. The highest BCUT2D eigenvalue weighted by molar-refractivity contribution is 5.92. The highest BCUT2D eigenvalue weighted by atomic mass is 19.1. The van der Waals surface area contributed by atoms with Crippen LogP contribution in [-0.4, -0.2) is 22.4 Å². The number of halogens is 1. The van der Waals surface area contributed by atoms with Crippen LogP contribution in [0, 0.1) is 12.7 Å². The minimum absolute atomic E-state index is 0.266. The van der Waals surface area contributed by atoms with Crippen LogP contribution in [0.3, 0.4) is 0 Å². The number of rotatable bonds is 7. The third-order valence-electron chi connectivity index (χ3n) is 4.07. The first-order valence-corrected chi connectivity index (χ1v) is 8.74. The largest absolute Gasteiger partial charge is 0.366 e. The van der Waals surface area contributed by atoms with Crippen LogP contribution < -0.4 is 10.6 Å². The van der Waals surface area contributed by atoms with Crippen LogP contribution in [-0.2, 0) is 13.0 Å². The fourth-order valence-electron chi connectivity index (χ4n) is 2.65. The predicted molar refractivity (Wildman–Crippen MR) is 103 cm³/mol. The molecule has 2 N–H and O–H groups in total. The molecule has 0 aliphatic rings. The smallest absolute Gasteiger partial charge is 0.270 e. The van der Waals surface area contributed by atoms with Crippen LogP contribution in [0.1, 0.15) is 27.2 Å². The lowest BCUT2D eigenvalue weighted by atomic mass is 10.1. The summed E-state index contributed by atoms with van der Waals surface area (Å²) in [6, 6.07) is 16.0. The number of hydrogen-bond acceptors (Lipinski definition) is 4. The summed E-state index contributed by atoms with van der Waals surface area (Å²) in [6.07, 6.45) is 1.99. The summed E-state index contributed by atoms with van der Waals surface area (Å²) in [6.45, 7) is 3.10. The van der Waals surface area contributed by atoms with Gasteiger partial charge in [0.25, 0.3) is 5.91 Å². The SMILES string of the molecule is Cc1cccc(CNc2cc(C(=O)NCCc3ccc(F)cc3)ncn2)c1. The molecule has 1 heterocycles. The van der Waals surface area contributed by atoms with Crippen molar-refractivity contribution in [3.8, 4) is 0 Å². The van der Waals surface area contributed by atoms with E-state index in [9.17, 15) is 9.18 Å². The molecule has 138 valence electrons. The molecule has 0 radical (unpaired) electrons. The summed E-state index contributed by atoms with van der Waals surface area (Å²) in [7, 11) is 0. The molecule has 0 saturated heterocycles. The fraction of sp³-hybridized carbons (Fsp3) is 0.190. The Morgan fingerprint density at radius 1 is 1.04 bits per heavy atom. The Morgan fingerprint density at radius 3 is 2.63 bits per heavy atom. The lowest BCUT2D eigenvalue weighted by Crippen LogP contribution is -2.26. The normalized spacial score (nSPS) is 10.4. The van der Waals surface area contributed by atoms with Gasteiger partial charge in [-0.25, -0.2) is 14.4 Å². The van der Waals surface area contributed by atoms with E-state index in [2.05, 4.69) is 26.7 Å². The number of carbonyl (C=O) groups is 1. The molecule has 27 heavy (non-hydrogen) atoms. The minimum atomic E-state index is -0.269. The van der Waals surface area contributed by atoms with E-state index in [-0.39, 0.29) is 11.7 Å². The minimum Gasteiger partial charge on any atom is -0.366 e. The number of nitrogens with zero attached hydrogens (tertiary/aromatic N) is 2. The van der Waals surface area contributed by atoms with Gasteiger partial charge in [0.15, 0.2) is 0 Å². The van der Waals surface area contributed by atoms with Gasteiger partial charge in [-0.05, 0) is 36.6 Å². The number of carbonyl (C=O) groups excluding carboxylic acids is 1. The van der Waals surface area contributed by atoms with Crippen LogP contribution in [0.5, 0.6) is 0 Å². The van der Waals surface area contributed by atoms with Crippen LogP contribution in [0.2, 0.25) is 0 Å². The monoisotopic (exact) mass is 364 g/mol. The Morgan fingerprint density at radius 2 is 1.85 bits per heavy atom. The Bertz CT molecular complexity index is 912. The van der Waals surface area contributed by atoms with Crippen molar-refractivity contribution in [2.24, 2.45) is 0 Å². The summed E-state index contributed by atoms with van der Waals surface area (Å²) >= 11 is 0. The summed E-state index contributed by atoms with van der Waals surface area (Å²) in [5, 5.41) is 6.02. The van der Waals surface area contributed by atoms with Crippen LogP contribution in [0.25, 0.3) is 0 Å². The molecule has 0 aliphatic heterocycles. The van der Waals surface area contributed by atoms with Crippen LogP contribution in [0.4, 0.5) is 10.2 Å². The zero-order valence-corrected chi connectivity index (χ0v) is 15.1. The summed E-state index contributed by atoms with van der Waals surface area (Å²) in [5.74, 6) is 0.0581. The van der Waals surface area contributed by atoms with Gasteiger partial charge in [0.2, 0.25) is 0 Å². The van der Waals surface area contributed by atoms with E-state index >= 15 is 0 Å². The maximum atomic E-state index is 12.9. The molecule has 0 spiro atoms. The molecule has 0 aliphatic carbocycles. The van der Waals surface area contributed by atoms with Crippen LogP contribution in [0.15, 0.2) is 60.9 Å². The first-order chi connectivity index (χ1) is 13.1. The third-order valence-corrected chi connectivity index (χ3v) is 4.07. The van der Waals surface area contributed by atoms with Crippen molar-refractivity contribution in [3.05, 3.63) is 89.1 Å². The van der Waals surface area contributed by atoms with Gasteiger partial charge < -0.3 is 10.6 Å². The van der Waals surface area contributed by atoms with Crippen LogP contribution >= 0.6 is 0 Å². The van der Waals surface area contributed by atoms with Crippen molar-refractivity contribution in [3.63, 3.8) is 0 Å². The van der Waals surface area contributed by atoms with Gasteiger partial charge in [0, 0.05) is 19.2 Å². The van der Waals surface area contributed by atoms with E-state index in [0.717, 1.165) is 11.1 Å². The average molecular weight is 364 g/mol. The number of hydrogen-bond donors (Lipinski definition) is 2. The lowest BCUT2D eigenvalue weighted by Gasteiger charge is -2.08. The van der Waals surface area contributed by atoms with Crippen molar-refractivity contribution in [2.45, 2.75) is 19.9 Å². The van der Waals surface area contributed by atoms with Gasteiger partial charge in [-0.15, -0.1) is 0 Å². The Labute approximate surface area is 157 Å². The topological polar surface area (TPSA) is 66.9 Å². The number of amides is 1. The van der Waals surface area contributed by atoms with E-state index in [1.54, 1.807) is 18.2 Å². The highest BCUT2D eigenvalue weighted by Crippen LogP contribution is 2.09. The third kappa shape index (κ3) is 5.60. The molecule has 5 nitrogen and oxygen atoms in total. The summed E-state index contributed by atoms with van der Waals surface area (Å²) < 4.78 is 12.9. The number of benzene rings is 2. The number of nitrogens with one attached hydrogen (secondary N) is 2. The molecule has 0 unspecified atom stereocenters. The van der Waals surface area contributed by atoms with Gasteiger partial charge in [-0.2, -0.15) is 0 Å². The van der Waals surface area contributed by atoms with Gasteiger partial charge in [0.1, 0.15) is 23.7 Å². The fourth-order valence-corrected chi connectivity index (χ4v) is 2.65. The first-order valence-electron chi connectivity index (χ1n) is 8.74. The van der Waals surface area contributed by atoms with Crippen molar-refractivity contribution in [2.75, 3.05) is 11.9 Å². The molecule has 0 saturated carbocycles. The summed E-state index contributed by atoms with van der Waals surface area (Å²) in [4.78, 5) is 20.5. The van der Waals surface area contributed by atoms with Gasteiger partial charge in [-0.1, -0.05) is 42.0 Å². The average Bonchev–Trinajstić information content (AvgIpc) is 2.68. The molecular weight excluding hydrogens is 343 g/mol. The van der Waals surface area contributed by atoms with E-state index in [4.69, 9.17) is 0 Å². The first kappa shape index (κ1) is 18.5. The molecule has 1 aromatic heterocycles. The number of anilines is 1. The summed E-state index contributed by atoms with van der Waals surface area (Å²) in [5.41, 5.74) is 3.59. The van der Waals surface area contributed by atoms with Crippen molar-refractivity contribution < 1.29 is 9.18 Å². The molecule has 0 bridgehead atoms. The Kier molecular flexibility index (Phi) is 6.10. The highest BCUT2D eigenvalue weighted by Gasteiger charge is 2.08. The van der Waals surface area contributed by atoms with Gasteiger partial charge in [0.05, 0.1) is 0 Å². The number of aromatic nitrogens is 2. The van der Waals surface area contributed by atoms with Crippen molar-refractivity contribution in [1.29, 1.82) is 0 Å². The van der Waals surface area contributed by atoms with E-state index < -0.39 is 0 Å². The van der Waals surface area contributed by atoms with E-state index in [1.807, 2.05) is 25.1 Å². The second-order valence-electron chi connectivity index (χ2n) is 6.26. The predicted octanol–water partition coefficient (Wildman–Crippen LogP) is 3.51. The molecule has 1 amide bonds. The Hall–Kier alpha value is -3.28. The number of aryl methyl sites for hydroxylation is 1. The van der Waals surface area contributed by atoms with Gasteiger partial charge >= 0.3 is 0 Å². The zero-order chi connectivity index (χ0) is 19.1. The molecular formula is C21H21FN4O. The molecule has 0 atom stereocenters. The molecule has 3 rings (SSSR count). The second kappa shape index (κ2) is 8.89. The maximum Gasteiger partial charge on any atom is 0.270 e. The molecule has 3 aromatic rings. The van der Waals surface area contributed by atoms with E-state index in [0.29, 0.717) is 31.0 Å². The molecule has 2 aromatic carbocycles. The van der Waals surface area contributed by atoms with E-state index in [1.165, 1.54) is 24.0 Å². The quantitative estimate of drug-likeness (QED) is 0.673.